The van der Waals surface area contributed by atoms with Crippen LogP contribution in [0.25, 0.3) is 0 Å². The molecule has 3 rings (SSSR count). The number of para-hydroxylation sites is 1. The Kier molecular flexibility index (Phi) is 5.31. The molecule has 3 nitrogen and oxygen atoms in total. The minimum Gasteiger partial charge on any atom is -0.493 e. The molecule has 0 N–H and O–H groups in total. The number of benzene rings is 2. The first-order valence-corrected chi connectivity index (χ1v) is 9.09. The minimum absolute atomic E-state index is 0.0386. The molecule has 1 saturated heterocycles. The number of nitrogens with zero attached hydrogens (tertiary/aromatic N) is 1. The minimum atomic E-state index is -0.385. The number of hydrogen-bond donors (Lipinski definition) is 0. The van der Waals surface area contributed by atoms with Gasteiger partial charge in [0.25, 0.3) is 0 Å². The van der Waals surface area contributed by atoms with Gasteiger partial charge in [-0.15, -0.1) is 11.8 Å². The molecule has 1 atom stereocenters. The van der Waals surface area contributed by atoms with Gasteiger partial charge in [-0.2, -0.15) is 0 Å². The van der Waals surface area contributed by atoms with Crippen molar-refractivity contribution in [1.82, 2.24) is 4.90 Å². The molecule has 1 heterocycles. The van der Waals surface area contributed by atoms with Crippen molar-refractivity contribution >= 4 is 29.3 Å². The van der Waals surface area contributed by atoms with Crippen molar-refractivity contribution in [3.63, 3.8) is 0 Å². The van der Waals surface area contributed by atoms with Gasteiger partial charge in [0.2, 0.25) is 5.91 Å². The molecule has 0 saturated carbocycles. The van der Waals surface area contributed by atoms with Crippen molar-refractivity contribution in [3.05, 3.63) is 64.4 Å². The van der Waals surface area contributed by atoms with E-state index in [4.69, 9.17) is 16.3 Å². The lowest BCUT2D eigenvalue weighted by Gasteiger charge is -2.26. The van der Waals surface area contributed by atoms with E-state index in [1.807, 2.05) is 31.2 Å². The summed E-state index contributed by atoms with van der Waals surface area (Å²) in [6.45, 7) is 2.84. The third kappa shape index (κ3) is 3.52. The van der Waals surface area contributed by atoms with Gasteiger partial charge in [-0.05, 0) is 30.7 Å². The lowest BCUT2D eigenvalue weighted by molar-refractivity contribution is -0.128. The summed E-state index contributed by atoms with van der Waals surface area (Å²) in [5.41, 5.74) is 1.70. The van der Waals surface area contributed by atoms with Crippen molar-refractivity contribution in [1.29, 1.82) is 0 Å². The first kappa shape index (κ1) is 17.1. The van der Waals surface area contributed by atoms with Gasteiger partial charge in [-0.1, -0.05) is 35.9 Å². The number of thioether (sulfide) groups is 1. The third-order valence-electron chi connectivity index (χ3n) is 3.81. The second-order valence-electron chi connectivity index (χ2n) is 5.39. The van der Waals surface area contributed by atoms with E-state index in [9.17, 15) is 9.18 Å². The summed E-state index contributed by atoms with van der Waals surface area (Å²) >= 11 is 7.68. The normalized spacial score (nSPS) is 17.4. The SMILES string of the molecule is CCOc1ccccc1C1SCC(=O)N1Cc1ccc(F)cc1Cl. The smallest absolute Gasteiger partial charge is 0.234 e. The molecule has 0 aromatic heterocycles. The Balaban J connectivity index is 1.90. The van der Waals surface area contributed by atoms with Gasteiger partial charge in [0.15, 0.2) is 0 Å². The number of halogens is 2. The van der Waals surface area contributed by atoms with Crippen LogP contribution in [-0.2, 0) is 11.3 Å². The zero-order chi connectivity index (χ0) is 17.1. The molecule has 24 heavy (non-hydrogen) atoms. The average molecular weight is 366 g/mol. The average Bonchev–Trinajstić information content (AvgIpc) is 2.92. The highest BCUT2D eigenvalue weighted by molar-refractivity contribution is 8.00. The fourth-order valence-electron chi connectivity index (χ4n) is 2.69. The Morgan fingerprint density at radius 3 is 2.88 bits per heavy atom. The summed E-state index contributed by atoms with van der Waals surface area (Å²) in [5, 5.41) is 0.193. The predicted molar refractivity (Wildman–Crippen MR) is 94.8 cm³/mol. The summed E-state index contributed by atoms with van der Waals surface area (Å²) in [6, 6.07) is 12.0. The van der Waals surface area contributed by atoms with E-state index in [2.05, 4.69) is 0 Å². The highest BCUT2D eigenvalue weighted by Crippen LogP contribution is 2.43. The lowest BCUT2D eigenvalue weighted by Crippen LogP contribution is -2.28. The second-order valence-corrected chi connectivity index (χ2v) is 6.87. The van der Waals surface area contributed by atoms with E-state index in [-0.39, 0.29) is 17.1 Å². The van der Waals surface area contributed by atoms with Crippen LogP contribution in [0.4, 0.5) is 4.39 Å². The molecule has 1 unspecified atom stereocenters. The number of hydrogen-bond acceptors (Lipinski definition) is 3. The zero-order valence-electron chi connectivity index (χ0n) is 13.2. The molecular weight excluding hydrogens is 349 g/mol. The Labute approximate surface area is 149 Å². The second kappa shape index (κ2) is 7.45. The molecule has 0 radical (unpaired) electrons. The number of ether oxygens (including phenoxy) is 1. The molecule has 0 spiro atoms. The molecule has 1 fully saturated rings. The Morgan fingerprint density at radius 1 is 1.33 bits per heavy atom. The number of carbonyl (C=O) groups excluding carboxylic acids is 1. The fourth-order valence-corrected chi connectivity index (χ4v) is 4.13. The summed E-state index contributed by atoms with van der Waals surface area (Å²) in [7, 11) is 0. The van der Waals surface area contributed by atoms with Gasteiger partial charge in [0.1, 0.15) is 16.9 Å². The molecule has 126 valence electrons. The maximum absolute atomic E-state index is 13.2. The summed E-state index contributed by atoms with van der Waals surface area (Å²) < 4.78 is 18.9. The molecule has 6 heteroatoms. The van der Waals surface area contributed by atoms with Crippen LogP contribution in [0.3, 0.4) is 0 Å². The third-order valence-corrected chi connectivity index (χ3v) is 5.40. The van der Waals surface area contributed by atoms with Crippen LogP contribution in [0, 0.1) is 5.82 Å². The van der Waals surface area contributed by atoms with Gasteiger partial charge < -0.3 is 9.64 Å². The van der Waals surface area contributed by atoms with Crippen molar-refractivity contribution < 1.29 is 13.9 Å². The van der Waals surface area contributed by atoms with Gasteiger partial charge in [-0.25, -0.2) is 4.39 Å². The predicted octanol–water partition coefficient (Wildman–Crippen LogP) is 4.65. The Bertz CT molecular complexity index is 756. The molecule has 1 amide bonds. The van der Waals surface area contributed by atoms with E-state index in [0.29, 0.717) is 23.9 Å². The number of rotatable bonds is 5. The van der Waals surface area contributed by atoms with Crippen LogP contribution in [0.15, 0.2) is 42.5 Å². The van der Waals surface area contributed by atoms with Crippen molar-refractivity contribution in [3.8, 4) is 5.75 Å². The standard InChI is InChI=1S/C18H17ClFNO2S/c1-2-23-16-6-4-3-5-14(16)18-21(17(22)11-24-18)10-12-7-8-13(20)9-15(12)19/h3-9,18H,2,10-11H2,1H3. The molecule has 0 aliphatic carbocycles. The first-order chi connectivity index (χ1) is 11.6. The first-order valence-electron chi connectivity index (χ1n) is 7.67. The summed E-state index contributed by atoms with van der Waals surface area (Å²) in [4.78, 5) is 14.1. The summed E-state index contributed by atoms with van der Waals surface area (Å²) in [5.74, 6) is 0.840. The molecular formula is C18H17ClFNO2S. The van der Waals surface area contributed by atoms with Crippen LogP contribution >= 0.6 is 23.4 Å². The molecule has 1 aliphatic heterocycles. The maximum Gasteiger partial charge on any atom is 0.234 e. The van der Waals surface area contributed by atoms with Crippen LogP contribution in [0.1, 0.15) is 23.4 Å². The number of carbonyl (C=O) groups is 1. The molecule has 0 bridgehead atoms. The zero-order valence-corrected chi connectivity index (χ0v) is 14.7. The maximum atomic E-state index is 13.2. The fraction of sp³-hybridized carbons (Fsp3) is 0.278. The Hall–Kier alpha value is -1.72. The van der Waals surface area contributed by atoms with Crippen molar-refractivity contribution in [2.24, 2.45) is 0 Å². The van der Waals surface area contributed by atoms with E-state index >= 15 is 0 Å². The van der Waals surface area contributed by atoms with Gasteiger partial charge in [0.05, 0.1) is 12.4 Å². The van der Waals surface area contributed by atoms with Gasteiger partial charge in [0, 0.05) is 17.1 Å². The van der Waals surface area contributed by atoms with Gasteiger partial charge >= 0.3 is 0 Å². The van der Waals surface area contributed by atoms with E-state index in [1.165, 1.54) is 12.1 Å². The van der Waals surface area contributed by atoms with Crippen LogP contribution in [0.2, 0.25) is 5.02 Å². The topological polar surface area (TPSA) is 29.5 Å². The molecule has 1 aliphatic rings. The van der Waals surface area contributed by atoms with Crippen LogP contribution < -0.4 is 4.74 Å². The van der Waals surface area contributed by atoms with Crippen LogP contribution in [-0.4, -0.2) is 23.2 Å². The highest BCUT2D eigenvalue weighted by atomic mass is 35.5. The largest absolute Gasteiger partial charge is 0.493 e. The Morgan fingerprint density at radius 2 is 2.12 bits per heavy atom. The van der Waals surface area contributed by atoms with Gasteiger partial charge in [-0.3, -0.25) is 4.79 Å². The quantitative estimate of drug-likeness (QED) is 0.772. The lowest BCUT2D eigenvalue weighted by atomic mass is 10.1. The molecule has 2 aromatic rings. The molecule has 2 aromatic carbocycles. The van der Waals surface area contributed by atoms with Crippen molar-refractivity contribution in [2.75, 3.05) is 12.4 Å². The van der Waals surface area contributed by atoms with Crippen LogP contribution in [0.5, 0.6) is 5.75 Å². The monoisotopic (exact) mass is 365 g/mol. The van der Waals surface area contributed by atoms with E-state index in [1.54, 1.807) is 22.7 Å². The van der Waals surface area contributed by atoms with E-state index < -0.39 is 0 Å². The summed E-state index contributed by atoms with van der Waals surface area (Å²) in [6.07, 6.45) is 0. The highest BCUT2D eigenvalue weighted by Gasteiger charge is 2.34. The van der Waals surface area contributed by atoms with Crippen molar-refractivity contribution in [2.45, 2.75) is 18.8 Å². The van der Waals surface area contributed by atoms with E-state index in [0.717, 1.165) is 16.9 Å². The number of amides is 1.